The van der Waals surface area contributed by atoms with Crippen molar-refractivity contribution in [2.45, 2.75) is 44.6 Å². The first-order valence-electron chi connectivity index (χ1n) is 8.32. The van der Waals surface area contributed by atoms with Crippen LogP contribution in [0.2, 0.25) is 0 Å². The summed E-state index contributed by atoms with van der Waals surface area (Å²) in [5, 5.41) is 0. The SMILES string of the molecule is CCN(CC)S(=O)(=O)c1ccc(CCC(=O)N(C)C(C)CN)cc1. The Kier molecular flexibility index (Phi) is 7.86. The minimum Gasteiger partial charge on any atom is -0.342 e. The van der Waals surface area contributed by atoms with Gasteiger partial charge in [0.15, 0.2) is 0 Å². The molecule has 6 nitrogen and oxygen atoms in total. The molecule has 1 aromatic carbocycles. The lowest BCUT2D eigenvalue weighted by molar-refractivity contribution is -0.131. The summed E-state index contributed by atoms with van der Waals surface area (Å²) in [4.78, 5) is 14.0. The van der Waals surface area contributed by atoms with E-state index in [1.807, 2.05) is 20.8 Å². The second-order valence-corrected chi connectivity index (χ2v) is 7.76. The molecule has 1 atom stereocenters. The van der Waals surface area contributed by atoms with Crippen molar-refractivity contribution in [1.29, 1.82) is 0 Å². The number of nitrogens with zero attached hydrogens (tertiary/aromatic N) is 2. The Hall–Kier alpha value is -1.44. The second-order valence-electron chi connectivity index (χ2n) is 5.82. The number of carbonyl (C=O) groups is 1. The molecule has 0 aromatic heterocycles. The quantitative estimate of drug-likeness (QED) is 0.727. The Morgan fingerprint density at radius 1 is 1.17 bits per heavy atom. The molecule has 0 bridgehead atoms. The van der Waals surface area contributed by atoms with Crippen LogP contribution >= 0.6 is 0 Å². The zero-order valence-electron chi connectivity index (χ0n) is 15.0. The van der Waals surface area contributed by atoms with Crippen molar-refractivity contribution in [3.63, 3.8) is 0 Å². The monoisotopic (exact) mass is 355 g/mol. The number of carbonyl (C=O) groups excluding carboxylic acids is 1. The summed E-state index contributed by atoms with van der Waals surface area (Å²) in [6.07, 6.45) is 0.953. The van der Waals surface area contributed by atoms with Crippen molar-refractivity contribution in [1.82, 2.24) is 9.21 Å². The fourth-order valence-corrected chi connectivity index (χ4v) is 3.83. The topological polar surface area (TPSA) is 83.7 Å². The molecule has 1 unspecified atom stereocenters. The molecule has 0 spiro atoms. The van der Waals surface area contributed by atoms with Crippen molar-refractivity contribution in [3.05, 3.63) is 29.8 Å². The van der Waals surface area contributed by atoms with Crippen molar-refractivity contribution in [2.75, 3.05) is 26.7 Å². The van der Waals surface area contributed by atoms with Gasteiger partial charge in [-0.25, -0.2) is 8.42 Å². The van der Waals surface area contributed by atoms with Gasteiger partial charge in [0.1, 0.15) is 0 Å². The number of benzene rings is 1. The van der Waals surface area contributed by atoms with E-state index in [-0.39, 0.29) is 16.8 Å². The normalized spacial score (nSPS) is 13.1. The Morgan fingerprint density at radius 3 is 2.17 bits per heavy atom. The van der Waals surface area contributed by atoms with Gasteiger partial charge in [0.05, 0.1) is 4.90 Å². The third-order valence-electron chi connectivity index (χ3n) is 4.29. The highest BCUT2D eigenvalue weighted by atomic mass is 32.2. The molecular weight excluding hydrogens is 326 g/mol. The number of hydrogen-bond acceptors (Lipinski definition) is 4. The molecule has 2 N–H and O–H groups in total. The van der Waals surface area contributed by atoms with Gasteiger partial charge in [0.25, 0.3) is 0 Å². The third-order valence-corrected chi connectivity index (χ3v) is 6.35. The minimum atomic E-state index is -3.43. The molecule has 1 aromatic rings. The molecule has 1 rings (SSSR count). The maximum Gasteiger partial charge on any atom is 0.243 e. The van der Waals surface area contributed by atoms with Crippen LogP contribution in [0.3, 0.4) is 0 Å². The maximum absolute atomic E-state index is 12.4. The molecule has 0 aliphatic rings. The predicted octanol–water partition coefficient (Wildman–Crippen LogP) is 1.46. The smallest absolute Gasteiger partial charge is 0.243 e. The maximum atomic E-state index is 12.4. The first kappa shape index (κ1) is 20.6. The average molecular weight is 356 g/mol. The van der Waals surface area contributed by atoms with Crippen LogP contribution in [0.5, 0.6) is 0 Å². The van der Waals surface area contributed by atoms with Crippen LogP contribution in [0.25, 0.3) is 0 Å². The number of amides is 1. The van der Waals surface area contributed by atoms with Crippen LogP contribution < -0.4 is 5.73 Å². The van der Waals surface area contributed by atoms with Gasteiger partial charge in [0, 0.05) is 39.1 Å². The van der Waals surface area contributed by atoms with E-state index in [0.717, 1.165) is 5.56 Å². The molecular formula is C17H29N3O3S. The molecule has 136 valence electrons. The Balaban J connectivity index is 2.74. The van der Waals surface area contributed by atoms with Crippen LogP contribution in [0.15, 0.2) is 29.2 Å². The van der Waals surface area contributed by atoms with E-state index in [2.05, 4.69) is 0 Å². The summed E-state index contributed by atoms with van der Waals surface area (Å²) >= 11 is 0. The van der Waals surface area contributed by atoms with Crippen molar-refractivity contribution in [2.24, 2.45) is 5.73 Å². The molecule has 0 aliphatic carbocycles. The molecule has 0 fully saturated rings. The standard InChI is InChI=1S/C17H29N3O3S/c1-5-20(6-2)24(22,23)16-10-7-15(8-11-16)9-12-17(21)19(4)14(3)13-18/h7-8,10-11,14H,5-6,9,12-13,18H2,1-4H3. The number of likely N-dealkylation sites (N-methyl/N-ethyl adjacent to an activating group) is 1. The molecule has 1 amide bonds. The summed E-state index contributed by atoms with van der Waals surface area (Å²) in [6, 6.07) is 6.78. The molecule has 0 aliphatic heterocycles. The van der Waals surface area contributed by atoms with E-state index >= 15 is 0 Å². The molecule has 24 heavy (non-hydrogen) atoms. The van der Waals surface area contributed by atoms with Crippen LogP contribution in [0, 0.1) is 0 Å². The van der Waals surface area contributed by atoms with Gasteiger partial charge in [-0.05, 0) is 31.0 Å². The highest BCUT2D eigenvalue weighted by Gasteiger charge is 2.21. The van der Waals surface area contributed by atoms with Crippen molar-refractivity contribution < 1.29 is 13.2 Å². The lowest BCUT2D eigenvalue weighted by atomic mass is 10.1. The van der Waals surface area contributed by atoms with E-state index in [1.54, 1.807) is 36.2 Å². The van der Waals surface area contributed by atoms with Gasteiger partial charge in [0.2, 0.25) is 15.9 Å². The predicted molar refractivity (Wildman–Crippen MR) is 96.2 cm³/mol. The molecule has 0 radical (unpaired) electrons. The lowest BCUT2D eigenvalue weighted by Crippen LogP contribution is -2.39. The third kappa shape index (κ3) is 5.03. The van der Waals surface area contributed by atoms with E-state index in [9.17, 15) is 13.2 Å². The average Bonchev–Trinajstić information content (AvgIpc) is 2.59. The summed E-state index contributed by atoms with van der Waals surface area (Å²) in [7, 11) is -1.68. The number of aryl methyl sites for hydroxylation is 1. The first-order chi connectivity index (χ1) is 11.3. The van der Waals surface area contributed by atoms with Crippen LogP contribution in [-0.2, 0) is 21.2 Å². The van der Waals surface area contributed by atoms with E-state index in [1.165, 1.54) is 4.31 Å². The van der Waals surface area contributed by atoms with E-state index in [4.69, 9.17) is 5.73 Å². The van der Waals surface area contributed by atoms with E-state index < -0.39 is 10.0 Å². The Bertz CT molecular complexity index is 625. The van der Waals surface area contributed by atoms with Gasteiger partial charge in [-0.2, -0.15) is 4.31 Å². The van der Waals surface area contributed by atoms with Gasteiger partial charge >= 0.3 is 0 Å². The zero-order valence-corrected chi connectivity index (χ0v) is 15.8. The summed E-state index contributed by atoms with van der Waals surface area (Å²) in [5.74, 6) is 0.0350. The molecule has 7 heteroatoms. The molecule has 0 heterocycles. The van der Waals surface area contributed by atoms with Gasteiger partial charge in [-0.15, -0.1) is 0 Å². The van der Waals surface area contributed by atoms with Crippen molar-refractivity contribution >= 4 is 15.9 Å². The zero-order chi connectivity index (χ0) is 18.3. The minimum absolute atomic E-state index is 0.0130. The summed E-state index contributed by atoms with van der Waals surface area (Å²) in [6.45, 7) is 6.87. The second kappa shape index (κ2) is 9.15. The number of nitrogens with two attached hydrogens (primary N) is 1. The van der Waals surface area contributed by atoms with Crippen LogP contribution in [-0.4, -0.2) is 56.3 Å². The first-order valence-corrected chi connectivity index (χ1v) is 9.76. The van der Waals surface area contributed by atoms with Crippen molar-refractivity contribution in [3.8, 4) is 0 Å². The molecule has 0 saturated heterocycles. The number of sulfonamides is 1. The summed E-state index contributed by atoms with van der Waals surface area (Å²) in [5.41, 5.74) is 6.51. The van der Waals surface area contributed by atoms with Crippen LogP contribution in [0.4, 0.5) is 0 Å². The highest BCUT2D eigenvalue weighted by Crippen LogP contribution is 2.17. The highest BCUT2D eigenvalue weighted by molar-refractivity contribution is 7.89. The van der Waals surface area contributed by atoms with Gasteiger partial charge in [-0.3, -0.25) is 4.79 Å². The molecule has 0 saturated carbocycles. The number of rotatable bonds is 9. The number of hydrogen-bond donors (Lipinski definition) is 1. The lowest BCUT2D eigenvalue weighted by Gasteiger charge is -2.23. The van der Waals surface area contributed by atoms with E-state index in [0.29, 0.717) is 32.5 Å². The van der Waals surface area contributed by atoms with Crippen LogP contribution in [0.1, 0.15) is 32.8 Å². The fourth-order valence-electron chi connectivity index (χ4n) is 2.37. The fraction of sp³-hybridized carbons (Fsp3) is 0.588. The van der Waals surface area contributed by atoms with Gasteiger partial charge < -0.3 is 10.6 Å². The Morgan fingerprint density at radius 2 is 1.71 bits per heavy atom. The van der Waals surface area contributed by atoms with Gasteiger partial charge in [-0.1, -0.05) is 26.0 Å². The largest absolute Gasteiger partial charge is 0.342 e. The summed E-state index contributed by atoms with van der Waals surface area (Å²) < 4.78 is 26.3. The Labute approximate surface area is 145 Å².